The Balaban J connectivity index is 3.11. The summed E-state index contributed by atoms with van der Waals surface area (Å²) < 4.78 is 43.9. The van der Waals surface area contributed by atoms with E-state index in [2.05, 4.69) is 0 Å². The van der Waals surface area contributed by atoms with E-state index in [-0.39, 0.29) is 0 Å². The molecule has 0 saturated carbocycles. The van der Waals surface area contributed by atoms with Crippen LogP contribution in [0.1, 0.15) is 30.6 Å². The molecule has 17 heavy (non-hydrogen) atoms. The Kier molecular flexibility index (Phi) is 4.79. The summed E-state index contributed by atoms with van der Waals surface area (Å²) in [6.45, 7) is 3.41. The summed E-state index contributed by atoms with van der Waals surface area (Å²) in [6, 6.07) is 0.511. The smallest absolute Gasteiger partial charge is 0.341 e. The molecule has 1 aromatic rings. The number of carbonyl (C=O) groups excluding carboxylic acids is 1. The molecule has 0 bridgehead atoms. The number of ether oxygens (including phenoxy) is 1. The van der Waals surface area contributed by atoms with Crippen LogP contribution in [0.25, 0.3) is 0 Å². The van der Waals surface area contributed by atoms with Gasteiger partial charge in [-0.15, -0.1) is 0 Å². The van der Waals surface area contributed by atoms with Gasteiger partial charge in [0.25, 0.3) is 0 Å². The summed E-state index contributed by atoms with van der Waals surface area (Å²) in [5.41, 5.74) is -0.589. The van der Waals surface area contributed by atoms with Gasteiger partial charge in [-0.2, -0.15) is 0 Å². The molecule has 0 aromatic heterocycles. The van der Waals surface area contributed by atoms with E-state index in [1.165, 1.54) is 22.6 Å². The van der Waals surface area contributed by atoms with Crippen LogP contribution in [0, 0.1) is 21.0 Å². The highest BCUT2D eigenvalue weighted by Crippen LogP contribution is 2.22. The van der Waals surface area contributed by atoms with E-state index < -0.39 is 38.7 Å². The molecule has 0 radical (unpaired) electrons. The number of rotatable bonds is 3. The third-order valence-corrected chi connectivity index (χ3v) is 3.15. The molecule has 1 rings (SSSR count). The topological polar surface area (TPSA) is 26.3 Å². The molecule has 0 aliphatic carbocycles. The second-order valence-corrected chi connectivity index (χ2v) is 4.55. The summed E-state index contributed by atoms with van der Waals surface area (Å²) in [5, 5.41) is 0. The summed E-state index contributed by atoms with van der Waals surface area (Å²) >= 11 is 1.30. The Labute approximate surface area is 110 Å². The Morgan fingerprint density at radius 2 is 2.00 bits per heavy atom. The Hall–Kier alpha value is -0.790. The van der Waals surface area contributed by atoms with Gasteiger partial charge in [-0.3, -0.25) is 0 Å². The first-order valence-corrected chi connectivity index (χ1v) is 6.00. The summed E-state index contributed by atoms with van der Waals surface area (Å²) in [6.07, 6.45) is 0.140. The van der Waals surface area contributed by atoms with Gasteiger partial charge in [-0.25, -0.2) is 18.0 Å². The lowest BCUT2D eigenvalue weighted by atomic mass is 10.2. The fourth-order valence-electron chi connectivity index (χ4n) is 1.05. The molecule has 1 atom stereocenters. The predicted octanol–water partition coefficient (Wildman–Crippen LogP) is 3.66. The maximum Gasteiger partial charge on any atom is 0.341 e. The number of hydrogen-bond acceptors (Lipinski definition) is 2. The summed E-state index contributed by atoms with van der Waals surface area (Å²) in [5.74, 6) is -4.67. The first kappa shape index (κ1) is 14.3. The van der Waals surface area contributed by atoms with Gasteiger partial charge in [0.1, 0.15) is 0 Å². The zero-order chi connectivity index (χ0) is 13.2. The maximum absolute atomic E-state index is 13.5. The van der Waals surface area contributed by atoms with Crippen molar-refractivity contribution in [3.05, 3.63) is 32.7 Å². The predicted molar refractivity (Wildman–Crippen MR) is 64.2 cm³/mol. The number of esters is 1. The highest BCUT2D eigenvalue weighted by molar-refractivity contribution is 14.1. The first-order valence-electron chi connectivity index (χ1n) is 4.92. The number of hydrogen-bond donors (Lipinski definition) is 0. The van der Waals surface area contributed by atoms with Gasteiger partial charge in [0.05, 0.1) is 15.2 Å². The quantitative estimate of drug-likeness (QED) is 0.357. The molecule has 1 unspecified atom stereocenters. The molecule has 2 nitrogen and oxygen atoms in total. The van der Waals surface area contributed by atoms with Crippen molar-refractivity contribution in [3.63, 3.8) is 0 Å². The second-order valence-electron chi connectivity index (χ2n) is 3.47. The number of halogens is 4. The molecule has 0 spiro atoms. The van der Waals surface area contributed by atoms with E-state index in [9.17, 15) is 18.0 Å². The molecule has 0 fully saturated rings. The molecule has 0 aliphatic rings. The average Bonchev–Trinajstić information content (AvgIpc) is 2.30. The van der Waals surface area contributed by atoms with Crippen molar-refractivity contribution < 1.29 is 22.7 Å². The fourth-order valence-corrected chi connectivity index (χ4v) is 1.60. The van der Waals surface area contributed by atoms with Crippen molar-refractivity contribution in [2.75, 3.05) is 0 Å². The van der Waals surface area contributed by atoms with Gasteiger partial charge in [0.2, 0.25) is 0 Å². The van der Waals surface area contributed by atoms with E-state index in [0.29, 0.717) is 12.5 Å². The van der Waals surface area contributed by atoms with Crippen molar-refractivity contribution in [1.82, 2.24) is 0 Å². The van der Waals surface area contributed by atoms with Gasteiger partial charge >= 0.3 is 5.97 Å². The van der Waals surface area contributed by atoms with Gasteiger partial charge in [-0.05, 0) is 42.0 Å². The number of benzene rings is 1. The van der Waals surface area contributed by atoms with Crippen LogP contribution < -0.4 is 0 Å². The van der Waals surface area contributed by atoms with Gasteiger partial charge in [0.15, 0.2) is 17.5 Å². The molecule has 0 saturated heterocycles. The third kappa shape index (κ3) is 3.11. The van der Waals surface area contributed by atoms with E-state index in [0.717, 1.165) is 0 Å². The largest absolute Gasteiger partial charge is 0.459 e. The minimum Gasteiger partial charge on any atom is -0.459 e. The van der Waals surface area contributed by atoms with E-state index >= 15 is 0 Å². The second kappa shape index (κ2) is 5.70. The first-order chi connectivity index (χ1) is 7.88. The van der Waals surface area contributed by atoms with E-state index in [4.69, 9.17) is 4.74 Å². The molecule has 1 aromatic carbocycles. The lowest BCUT2D eigenvalue weighted by molar-refractivity contribution is 0.0328. The van der Waals surface area contributed by atoms with E-state index in [1.807, 2.05) is 0 Å². The van der Waals surface area contributed by atoms with Gasteiger partial charge in [-0.1, -0.05) is 6.92 Å². The van der Waals surface area contributed by atoms with Crippen LogP contribution >= 0.6 is 22.6 Å². The van der Waals surface area contributed by atoms with Crippen molar-refractivity contribution in [1.29, 1.82) is 0 Å². The van der Waals surface area contributed by atoms with Crippen LogP contribution in [0.3, 0.4) is 0 Å². The summed E-state index contributed by atoms with van der Waals surface area (Å²) in [4.78, 5) is 11.5. The molecular weight excluding hydrogens is 348 g/mol. The molecule has 94 valence electrons. The molecule has 0 heterocycles. The van der Waals surface area contributed by atoms with Crippen molar-refractivity contribution in [3.8, 4) is 0 Å². The Morgan fingerprint density at radius 3 is 2.53 bits per heavy atom. The van der Waals surface area contributed by atoms with Crippen molar-refractivity contribution in [2.45, 2.75) is 26.4 Å². The van der Waals surface area contributed by atoms with E-state index in [1.54, 1.807) is 13.8 Å². The average molecular weight is 358 g/mol. The number of carbonyl (C=O) groups is 1. The minimum atomic E-state index is -1.30. The lowest BCUT2D eigenvalue weighted by Gasteiger charge is -2.12. The van der Waals surface area contributed by atoms with Crippen LogP contribution in [0.2, 0.25) is 0 Å². The fraction of sp³-hybridized carbons (Fsp3) is 0.364. The van der Waals surface area contributed by atoms with Crippen molar-refractivity contribution >= 4 is 28.6 Å². The molecular formula is C11H10F3IO2. The van der Waals surface area contributed by atoms with Gasteiger partial charge < -0.3 is 4.74 Å². The van der Waals surface area contributed by atoms with Crippen LogP contribution in [0.15, 0.2) is 6.07 Å². The minimum absolute atomic E-state index is 0.410. The van der Waals surface area contributed by atoms with Crippen LogP contribution in [-0.4, -0.2) is 12.1 Å². The molecule has 0 N–H and O–H groups in total. The maximum atomic E-state index is 13.5. The zero-order valence-corrected chi connectivity index (χ0v) is 11.3. The standard InChI is InChI=1S/C11H10F3IO2/c1-3-5(2)17-11(16)6-4-7(12)9(14)10(15)8(6)13/h4-5H,3H2,1-2H3. The van der Waals surface area contributed by atoms with Crippen LogP contribution in [0.5, 0.6) is 0 Å². The lowest BCUT2D eigenvalue weighted by Crippen LogP contribution is -2.16. The Bertz CT molecular complexity index is 449. The van der Waals surface area contributed by atoms with Crippen LogP contribution in [0.4, 0.5) is 13.2 Å². The molecule has 0 aliphatic heterocycles. The molecule has 0 amide bonds. The Morgan fingerprint density at radius 1 is 1.41 bits per heavy atom. The molecule has 6 heteroatoms. The zero-order valence-electron chi connectivity index (χ0n) is 9.19. The normalized spacial score (nSPS) is 12.4. The highest BCUT2D eigenvalue weighted by Gasteiger charge is 2.23. The van der Waals surface area contributed by atoms with Gasteiger partial charge in [0, 0.05) is 0 Å². The summed E-state index contributed by atoms with van der Waals surface area (Å²) in [7, 11) is 0. The monoisotopic (exact) mass is 358 g/mol. The SMILES string of the molecule is CCC(C)OC(=O)c1cc(F)c(F)c(I)c1F. The highest BCUT2D eigenvalue weighted by atomic mass is 127. The van der Waals surface area contributed by atoms with Crippen LogP contribution in [-0.2, 0) is 4.74 Å². The third-order valence-electron chi connectivity index (χ3n) is 2.21. The van der Waals surface area contributed by atoms with Crippen molar-refractivity contribution in [2.24, 2.45) is 0 Å².